The van der Waals surface area contributed by atoms with E-state index in [0.29, 0.717) is 18.7 Å². The van der Waals surface area contributed by atoms with Crippen molar-refractivity contribution in [1.29, 1.82) is 0 Å². The Morgan fingerprint density at radius 2 is 2.04 bits per heavy atom. The third kappa shape index (κ3) is 3.16. The fraction of sp³-hybridized carbons (Fsp3) is 0.294. The summed E-state index contributed by atoms with van der Waals surface area (Å²) >= 11 is 3.32. The minimum Gasteiger partial charge on any atom is -0.282 e. The van der Waals surface area contributed by atoms with Gasteiger partial charge in [0.2, 0.25) is 0 Å². The number of pyridine rings is 1. The SMILES string of the molecule is FC(F)(F)CN1CCc2c(ccc3[nH]ncc23)C1c1ccc(Br)cn1. The van der Waals surface area contributed by atoms with Gasteiger partial charge in [0.25, 0.3) is 0 Å². The molecule has 1 N–H and O–H groups in total. The minimum absolute atomic E-state index is 0.319. The van der Waals surface area contributed by atoms with E-state index in [1.807, 2.05) is 12.1 Å². The molecule has 4 rings (SSSR count). The van der Waals surface area contributed by atoms with E-state index in [-0.39, 0.29) is 0 Å². The summed E-state index contributed by atoms with van der Waals surface area (Å²) in [5.41, 5.74) is 3.40. The zero-order valence-electron chi connectivity index (χ0n) is 13.0. The van der Waals surface area contributed by atoms with E-state index in [4.69, 9.17) is 0 Å². The standard InChI is InChI=1S/C17H14BrF3N4/c18-10-1-3-15(22-7-10)16-12-2-4-14-13(8-23-24-14)11(12)5-6-25(16)9-17(19,20)21/h1-4,7-8,16H,5-6,9H2,(H,23,24). The first-order valence-corrected chi connectivity index (χ1v) is 8.59. The summed E-state index contributed by atoms with van der Waals surface area (Å²) < 4.78 is 40.1. The summed E-state index contributed by atoms with van der Waals surface area (Å²) in [6.45, 7) is -0.641. The van der Waals surface area contributed by atoms with Gasteiger partial charge in [-0.15, -0.1) is 0 Å². The van der Waals surface area contributed by atoms with Crippen molar-refractivity contribution in [3.8, 4) is 0 Å². The summed E-state index contributed by atoms with van der Waals surface area (Å²) in [6.07, 6.45) is -0.356. The second-order valence-electron chi connectivity index (χ2n) is 6.10. The number of alkyl halides is 3. The van der Waals surface area contributed by atoms with Gasteiger partial charge in [-0.05, 0) is 51.7 Å². The molecule has 0 saturated carbocycles. The number of rotatable bonds is 2. The number of aromatic nitrogens is 3. The van der Waals surface area contributed by atoms with Crippen LogP contribution in [0.3, 0.4) is 0 Å². The second-order valence-corrected chi connectivity index (χ2v) is 7.02. The Bertz CT molecular complexity index is 904. The van der Waals surface area contributed by atoms with Crippen molar-refractivity contribution in [2.75, 3.05) is 13.1 Å². The van der Waals surface area contributed by atoms with Crippen molar-refractivity contribution in [1.82, 2.24) is 20.1 Å². The predicted octanol–water partition coefficient (Wildman–Crippen LogP) is 4.23. The number of halogens is 4. The summed E-state index contributed by atoms with van der Waals surface area (Å²) in [7, 11) is 0. The number of nitrogens with one attached hydrogen (secondary N) is 1. The van der Waals surface area contributed by atoms with Gasteiger partial charge >= 0.3 is 6.18 Å². The Balaban J connectivity index is 1.85. The van der Waals surface area contributed by atoms with Crippen LogP contribution in [0.2, 0.25) is 0 Å². The third-order valence-corrected chi connectivity index (χ3v) is 4.96. The van der Waals surface area contributed by atoms with Gasteiger partial charge in [-0.25, -0.2) is 0 Å². The Hall–Kier alpha value is -1.93. The number of fused-ring (bicyclic) bond motifs is 3. The van der Waals surface area contributed by atoms with Crippen LogP contribution >= 0.6 is 15.9 Å². The molecule has 0 amide bonds. The quantitative estimate of drug-likeness (QED) is 0.687. The van der Waals surface area contributed by atoms with Crippen LogP contribution in [0.4, 0.5) is 13.2 Å². The van der Waals surface area contributed by atoms with E-state index < -0.39 is 18.8 Å². The molecule has 130 valence electrons. The van der Waals surface area contributed by atoms with E-state index in [1.165, 1.54) is 4.90 Å². The second kappa shape index (κ2) is 6.10. The van der Waals surface area contributed by atoms with Crippen molar-refractivity contribution in [2.45, 2.75) is 18.6 Å². The number of hydrogen-bond donors (Lipinski definition) is 1. The lowest BCUT2D eigenvalue weighted by Gasteiger charge is -2.37. The maximum atomic E-state index is 13.1. The van der Waals surface area contributed by atoms with E-state index >= 15 is 0 Å². The van der Waals surface area contributed by atoms with Crippen LogP contribution in [0.15, 0.2) is 41.1 Å². The number of nitrogens with zero attached hydrogens (tertiary/aromatic N) is 3. The molecule has 25 heavy (non-hydrogen) atoms. The molecule has 1 aliphatic rings. The van der Waals surface area contributed by atoms with Crippen LogP contribution in [0.1, 0.15) is 22.9 Å². The van der Waals surface area contributed by atoms with Gasteiger partial charge in [0.15, 0.2) is 0 Å². The summed E-state index contributed by atoms with van der Waals surface area (Å²) in [5.74, 6) is 0. The first kappa shape index (κ1) is 16.5. The molecule has 4 nitrogen and oxygen atoms in total. The summed E-state index contributed by atoms with van der Waals surface area (Å²) in [5, 5.41) is 7.94. The van der Waals surface area contributed by atoms with Crippen LogP contribution < -0.4 is 0 Å². The van der Waals surface area contributed by atoms with Gasteiger partial charge in [-0.2, -0.15) is 18.3 Å². The molecule has 1 aromatic carbocycles. The molecule has 0 spiro atoms. The Kier molecular flexibility index (Phi) is 4.04. The van der Waals surface area contributed by atoms with Crippen LogP contribution in [-0.4, -0.2) is 39.3 Å². The molecule has 1 unspecified atom stereocenters. The lowest BCUT2D eigenvalue weighted by molar-refractivity contribution is -0.150. The molecular weight excluding hydrogens is 397 g/mol. The van der Waals surface area contributed by atoms with E-state index in [9.17, 15) is 13.2 Å². The minimum atomic E-state index is -4.26. The number of benzene rings is 1. The monoisotopic (exact) mass is 410 g/mol. The molecule has 0 radical (unpaired) electrons. The zero-order valence-corrected chi connectivity index (χ0v) is 14.6. The lowest BCUT2D eigenvalue weighted by Crippen LogP contribution is -2.42. The number of H-pyrrole nitrogens is 1. The maximum Gasteiger partial charge on any atom is 0.401 e. The van der Waals surface area contributed by atoms with E-state index in [1.54, 1.807) is 24.5 Å². The average molecular weight is 411 g/mol. The van der Waals surface area contributed by atoms with Crippen molar-refractivity contribution in [3.05, 3.63) is 58.0 Å². The van der Waals surface area contributed by atoms with Gasteiger partial charge in [0, 0.05) is 22.6 Å². The normalized spacial score (nSPS) is 18.5. The van der Waals surface area contributed by atoms with Crippen LogP contribution in [-0.2, 0) is 6.42 Å². The molecule has 8 heteroatoms. The first-order chi connectivity index (χ1) is 11.9. The Labute approximate surface area is 150 Å². The molecule has 1 atom stereocenters. The average Bonchev–Trinajstić information content (AvgIpc) is 3.03. The Morgan fingerprint density at radius 1 is 1.20 bits per heavy atom. The molecule has 0 fully saturated rings. The van der Waals surface area contributed by atoms with Crippen molar-refractivity contribution < 1.29 is 13.2 Å². The molecule has 0 bridgehead atoms. The van der Waals surface area contributed by atoms with Gasteiger partial charge in [-0.3, -0.25) is 15.0 Å². The van der Waals surface area contributed by atoms with Gasteiger partial charge in [0.1, 0.15) is 0 Å². The maximum absolute atomic E-state index is 13.1. The summed E-state index contributed by atoms with van der Waals surface area (Å²) in [6, 6.07) is 6.79. The molecule has 2 aromatic heterocycles. The topological polar surface area (TPSA) is 44.8 Å². The fourth-order valence-corrected chi connectivity index (χ4v) is 3.74. The van der Waals surface area contributed by atoms with Crippen molar-refractivity contribution >= 4 is 26.8 Å². The van der Waals surface area contributed by atoms with Crippen molar-refractivity contribution in [2.24, 2.45) is 0 Å². The Morgan fingerprint density at radius 3 is 2.76 bits per heavy atom. The van der Waals surface area contributed by atoms with Gasteiger partial charge in [0.05, 0.1) is 30.0 Å². The largest absolute Gasteiger partial charge is 0.401 e. The number of hydrogen-bond acceptors (Lipinski definition) is 3. The smallest absolute Gasteiger partial charge is 0.282 e. The molecule has 0 saturated heterocycles. The van der Waals surface area contributed by atoms with Gasteiger partial charge < -0.3 is 0 Å². The summed E-state index contributed by atoms with van der Waals surface area (Å²) in [4.78, 5) is 5.82. The highest BCUT2D eigenvalue weighted by atomic mass is 79.9. The van der Waals surface area contributed by atoms with Crippen LogP contribution in [0.5, 0.6) is 0 Å². The van der Waals surface area contributed by atoms with E-state index in [2.05, 4.69) is 31.1 Å². The fourth-order valence-electron chi connectivity index (χ4n) is 3.51. The number of aromatic amines is 1. The van der Waals surface area contributed by atoms with Crippen LogP contribution in [0.25, 0.3) is 10.9 Å². The highest BCUT2D eigenvalue weighted by molar-refractivity contribution is 9.10. The van der Waals surface area contributed by atoms with Crippen molar-refractivity contribution in [3.63, 3.8) is 0 Å². The first-order valence-electron chi connectivity index (χ1n) is 7.79. The van der Waals surface area contributed by atoms with Crippen LogP contribution in [0, 0.1) is 0 Å². The molecular formula is C17H14BrF3N4. The highest BCUT2D eigenvalue weighted by Gasteiger charge is 2.38. The zero-order chi connectivity index (χ0) is 17.6. The molecule has 3 aromatic rings. The predicted molar refractivity (Wildman–Crippen MR) is 91.2 cm³/mol. The molecule has 3 heterocycles. The lowest BCUT2D eigenvalue weighted by atomic mass is 9.88. The highest BCUT2D eigenvalue weighted by Crippen LogP contribution is 2.38. The van der Waals surface area contributed by atoms with E-state index in [0.717, 1.165) is 26.5 Å². The third-order valence-electron chi connectivity index (χ3n) is 4.49. The van der Waals surface area contributed by atoms with Gasteiger partial charge in [-0.1, -0.05) is 6.07 Å². The molecule has 0 aliphatic carbocycles. The molecule has 1 aliphatic heterocycles.